The topological polar surface area (TPSA) is 65.4 Å². The largest absolute Gasteiger partial charge is 0.462 e. The summed E-state index contributed by atoms with van der Waals surface area (Å²) >= 11 is 1.47. The number of aromatic nitrogens is 1. The molecule has 1 aromatic heterocycles. The van der Waals surface area contributed by atoms with Crippen LogP contribution in [0.4, 0.5) is 0 Å². The van der Waals surface area contributed by atoms with E-state index >= 15 is 0 Å². The Balaban J connectivity index is 1.96. The Hall–Kier alpha value is -3.03. The standard InChI is InChI=1S/C24H21NO4S2/c1-2-29-24(26)23-20-15-9-10-16-21(20)25(31(27,28)19-13-7-4-8-14-19)22(23)17-30-18-11-5-3-6-12-18/h3-16H,2,17H2,1H3. The Morgan fingerprint density at radius 1 is 0.903 bits per heavy atom. The van der Waals surface area contributed by atoms with E-state index in [1.54, 1.807) is 61.5 Å². The maximum absolute atomic E-state index is 13.7. The van der Waals surface area contributed by atoms with Crippen molar-refractivity contribution in [1.82, 2.24) is 3.97 Å². The molecule has 0 saturated heterocycles. The molecule has 4 aromatic rings. The number of hydrogen-bond donors (Lipinski definition) is 0. The molecule has 0 bridgehead atoms. The number of nitrogens with zero attached hydrogens (tertiary/aromatic N) is 1. The van der Waals surface area contributed by atoms with E-state index in [2.05, 4.69) is 0 Å². The first-order chi connectivity index (χ1) is 15.0. The fourth-order valence-electron chi connectivity index (χ4n) is 3.47. The van der Waals surface area contributed by atoms with E-state index in [9.17, 15) is 13.2 Å². The fourth-order valence-corrected chi connectivity index (χ4v) is 6.05. The maximum Gasteiger partial charge on any atom is 0.340 e. The minimum Gasteiger partial charge on any atom is -0.462 e. The summed E-state index contributed by atoms with van der Waals surface area (Å²) in [7, 11) is -3.93. The number of esters is 1. The van der Waals surface area contributed by atoms with Crippen LogP contribution < -0.4 is 0 Å². The van der Waals surface area contributed by atoms with Gasteiger partial charge >= 0.3 is 5.97 Å². The van der Waals surface area contributed by atoms with E-state index < -0.39 is 16.0 Å². The second-order valence-corrected chi connectivity index (χ2v) is 9.58. The Kier molecular flexibility index (Phi) is 6.15. The molecular weight excluding hydrogens is 430 g/mol. The van der Waals surface area contributed by atoms with Crippen molar-refractivity contribution in [3.63, 3.8) is 0 Å². The average molecular weight is 452 g/mol. The van der Waals surface area contributed by atoms with Crippen molar-refractivity contribution >= 4 is 38.7 Å². The third-order valence-electron chi connectivity index (χ3n) is 4.81. The van der Waals surface area contributed by atoms with Crippen molar-refractivity contribution in [3.8, 4) is 0 Å². The zero-order valence-electron chi connectivity index (χ0n) is 16.9. The summed E-state index contributed by atoms with van der Waals surface area (Å²) < 4.78 is 33.9. The van der Waals surface area contributed by atoms with Crippen molar-refractivity contribution in [2.24, 2.45) is 0 Å². The molecule has 0 radical (unpaired) electrons. The molecule has 158 valence electrons. The number of rotatable bonds is 7. The van der Waals surface area contributed by atoms with Gasteiger partial charge < -0.3 is 4.74 Å². The third kappa shape index (κ3) is 4.11. The van der Waals surface area contributed by atoms with Crippen LogP contribution in [0.3, 0.4) is 0 Å². The van der Waals surface area contributed by atoms with E-state index in [1.165, 1.54) is 15.7 Å². The van der Waals surface area contributed by atoms with Crippen LogP contribution in [0.25, 0.3) is 10.9 Å². The quantitative estimate of drug-likeness (QED) is 0.280. The van der Waals surface area contributed by atoms with Gasteiger partial charge in [0.15, 0.2) is 0 Å². The van der Waals surface area contributed by atoms with Crippen molar-refractivity contribution in [3.05, 3.63) is 96.2 Å². The number of thioether (sulfide) groups is 1. The Labute approximate surface area is 185 Å². The summed E-state index contributed by atoms with van der Waals surface area (Å²) in [6.45, 7) is 1.94. The van der Waals surface area contributed by atoms with Crippen LogP contribution in [-0.2, 0) is 20.5 Å². The van der Waals surface area contributed by atoms with Crippen LogP contribution in [0.5, 0.6) is 0 Å². The zero-order valence-corrected chi connectivity index (χ0v) is 18.5. The van der Waals surface area contributed by atoms with E-state index in [4.69, 9.17) is 4.74 Å². The van der Waals surface area contributed by atoms with Gasteiger partial charge in [0.05, 0.1) is 28.3 Å². The van der Waals surface area contributed by atoms with Crippen molar-refractivity contribution < 1.29 is 17.9 Å². The maximum atomic E-state index is 13.7. The number of hydrogen-bond acceptors (Lipinski definition) is 5. The van der Waals surface area contributed by atoms with Gasteiger partial charge in [-0.25, -0.2) is 17.2 Å². The molecule has 0 unspecified atom stereocenters. The monoisotopic (exact) mass is 451 g/mol. The zero-order chi connectivity index (χ0) is 21.8. The number of para-hydroxylation sites is 1. The SMILES string of the molecule is CCOC(=O)c1c(CSc2ccccc2)n(S(=O)(=O)c2ccccc2)c2ccccc12. The molecule has 0 spiro atoms. The van der Waals surface area contributed by atoms with E-state index in [1.807, 2.05) is 30.3 Å². The van der Waals surface area contributed by atoms with Crippen LogP contribution >= 0.6 is 11.8 Å². The minimum atomic E-state index is -3.93. The molecule has 0 aliphatic rings. The van der Waals surface area contributed by atoms with Gasteiger partial charge in [0, 0.05) is 16.0 Å². The van der Waals surface area contributed by atoms with Crippen LogP contribution in [0.2, 0.25) is 0 Å². The number of benzene rings is 3. The second-order valence-electron chi connectivity index (χ2n) is 6.74. The predicted octanol–water partition coefficient (Wildman–Crippen LogP) is 5.35. The van der Waals surface area contributed by atoms with Gasteiger partial charge in [0.1, 0.15) is 0 Å². The molecule has 1 heterocycles. The smallest absolute Gasteiger partial charge is 0.340 e. The van der Waals surface area contributed by atoms with Crippen LogP contribution in [0.1, 0.15) is 23.0 Å². The average Bonchev–Trinajstić information content (AvgIpc) is 3.14. The first kappa shape index (κ1) is 21.2. The van der Waals surface area contributed by atoms with Crippen molar-refractivity contribution in [2.45, 2.75) is 22.5 Å². The Morgan fingerprint density at radius 3 is 2.19 bits per heavy atom. The van der Waals surface area contributed by atoms with Gasteiger partial charge in [-0.1, -0.05) is 54.6 Å². The van der Waals surface area contributed by atoms with E-state index in [-0.39, 0.29) is 11.5 Å². The molecule has 0 fully saturated rings. The molecule has 4 rings (SSSR count). The molecule has 0 saturated carbocycles. The molecule has 0 aliphatic heterocycles. The normalized spacial score (nSPS) is 11.5. The molecule has 0 atom stereocenters. The molecule has 0 amide bonds. The molecule has 31 heavy (non-hydrogen) atoms. The van der Waals surface area contributed by atoms with Crippen LogP contribution in [0.15, 0.2) is 94.7 Å². The molecule has 5 nitrogen and oxygen atoms in total. The van der Waals surface area contributed by atoms with Gasteiger partial charge in [0.2, 0.25) is 0 Å². The molecule has 3 aromatic carbocycles. The number of ether oxygens (including phenoxy) is 1. The Bertz CT molecular complexity index is 1310. The molecule has 0 N–H and O–H groups in total. The lowest BCUT2D eigenvalue weighted by atomic mass is 10.1. The number of carbonyl (C=O) groups excluding carboxylic acids is 1. The number of fused-ring (bicyclic) bond motifs is 1. The highest BCUT2D eigenvalue weighted by Gasteiger charge is 2.30. The highest BCUT2D eigenvalue weighted by molar-refractivity contribution is 7.98. The first-order valence-corrected chi connectivity index (χ1v) is 12.2. The Morgan fingerprint density at radius 2 is 1.52 bits per heavy atom. The summed E-state index contributed by atoms with van der Waals surface area (Å²) in [6.07, 6.45) is 0. The summed E-state index contributed by atoms with van der Waals surface area (Å²) in [5.41, 5.74) is 1.15. The van der Waals surface area contributed by atoms with Gasteiger partial charge in [-0.3, -0.25) is 0 Å². The molecule has 7 heteroatoms. The lowest BCUT2D eigenvalue weighted by Crippen LogP contribution is -2.17. The predicted molar refractivity (Wildman–Crippen MR) is 123 cm³/mol. The van der Waals surface area contributed by atoms with E-state index in [0.29, 0.717) is 27.9 Å². The van der Waals surface area contributed by atoms with Crippen molar-refractivity contribution in [2.75, 3.05) is 6.61 Å². The summed E-state index contributed by atoms with van der Waals surface area (Å²) in [5, 5.41) is 0.559. The lowest BCUT2D eigenvalue weighted by Gasteiger charge is -2.13. The molecule has 0 aliphatic carbocycles. The van der Waals surface area contributed by atoms with Crippen LogP contribution in [0, 0.1) is 0 Å². The minimum absolute atomic E-state index is 0.164. The number of carbonyl (C=O) groups is 1. The highest BCUT2D eigenvalue weighted by Crippen LogP contribution is 2.35. The molecular formula is C24H21NO4S2. The highest BCUT2D eigenvalue weighted by atomic mass is 32.2. The van der Waals surface area contributed by atoms with Gasteiger partial charge in [0.25, 0.3) is 10.0 Å². The summed E-state index contributed by atoms with van der Waals surface area (Å²) in [4.78, 5) is 14.1. The van der Waals surface area contributed by atoms with Gasteiger partial charge in [-0.05, 0) is 37.3 Å². The van der Waals surface area contributed by atoms with Crippen LogP contribution in [-0.4, -0.2) is 25.0 Å². The van der Waals surface area contributed by atoms with Gasteiger partial charge in [-0.15, -0.1) is 11.8 Å². The second kappa shape index (κ2) is 8.99. The third-order valence-corrected chi connectivity index (χ3v) is 7.59. The van der Waals surface area contributed by atoms with Crippen molar-refractivity contribution in [1.29, 1.82) is 0 Å². The van der Waals surface area contributed by atoms with Gasteiger partial charge in [-0.2, -0.15) is 0 Å². The first-order valence-electron chi connectivity index (χ1n) is 9.82. The fraction of sp³-hybridized carbons (Fsp3) is 0.125. The summed E-state index contributed by atoms with van der Waals surface area (Å²) in [5.74, 6) is -0.233. The summed E-state index contributed by atoms with van der Waals surface area (Å²) in [6, 6.07) is 25.0. The lowest BCUT2D eigenvalue weighted by molar-refractivity contribution is 0.0527. The van der Waals surface area contributed by atoms with E-state index in [0.717, 1.165) is 4.90 Å².